The molecule has 0 unspecified atom stereocenters. The summed E-state index contributed by atoms with van der Waals surface area (Å²) in [6.45, 7) is 4.79. The molecule has 0 aromatic heterocycles. The standard InChI is InChI=1S/C12H20ClNO3/c1-4-8-14(12(15)17-5-2)11-9(13)6-7-10(11)16-3/h6-7,9-11H,4-5,8H2,1-3H3/t9-,10+,11+/m0/s1. The van der Waals surface area contributed by atoms with Crippen molar-refractivity contribution >= 4 is 17.7 Å². The molecule has 0 saturated heterocycles. The largest absolute Gasteiger partial charge is 0.450 e. The van der Waals surface area contributed by atoms with E-state index in [4.69, 9.17) is 21.1 Å². The van der Waals surface area contributed by atoms with Crippen molar-refractivity contribution in [2.45, 2.75) is 37.8 Å². The third-order valence-corrected chi connectivity index (χ3v) is 3.15. The number of rotatable bonds is 5. The minimum absolute atomic E-state index is 0.159. The van der Waals surface area contributed by atoms with E-state index in [2.05, 4.69) is 0 Å². The Balaban J connectivity index is 2.78. The molecular formula is C12H20ClNO3. The van der Waals surface area contributed by atoms with E-state index in [1.165, 1.54) is 0 Å². The number of amides is 1. The maximum absolute atomic E-state index is 11.9. The molecule has 5 heteroatoms. The molecule has 0 saturated carbocycles. The van der Waals surface area contributed by atoms with Crippen LogP contribution in [0.4, 0.5) is 4.79 Å². The van der Waals surface area contributed by atoms with E-state index >= 15 is 0 Å². The summed E-state index contributed by atoms with van der Waals surface area (Å²) >= 11 is 6.21. The Morgan fingerprint density at radius 1 is 1.41 bits per heavy atom. The smallest absolute Gasteiger partial charge is 0.410 e. The van der Waals surface area contributed by atoms with Crippen LogP contribution in [0.5, 0.6) is 0 Å². The molecule has 1 rings (SSSR count). The average molecular weight is 262 g/mol. The monoisotopic (exact) mass is 261 g/mol. The summed E-state index contributed by atoms with van der Waals surface area (Å²) in [6, 6.07) is -0.180. The molecule has 0 aromatic rings. The Labute approximate surface area is 108 Å². The van der Waals surface area contributed by atoms with Crippen molar-refractivity contribution in [1.29, 1.82) is 0 Å². The van der Waals surface area contributed by atoms with Gasteiger partial charge in [-0.1, -0.05) is 19.1 Å². The predicted octanol–water partition coefficient (Wildman–Crippen LogP) is 2.42. The highest BCUT2D eigenvalue weighted by atomic mass is 35.5. The summed E-state index contributed by atoms with van der Waals surface area (Å²) in [7, 11) is 1.62. The van der Waals surface area contributed by atoms with Crippen LogP contribution in [-0.2, 0) is 9.47 Å². The molecular weight excluding hydrogens is 242 g/mol. The minimum atomic E-state index is -0.323. The molecule has 1 aliphatic rings. The van der Waals surface area contributed by atoms with Crippen molar-refractivity contribution in [2.24, 2.45) is 0 Å². The van der Waals surface area contributed by atoms with Gasteiger partial charge in [0, 0.05) is 13.7 Å². The summed E-state index contributed by atoms with van der Waals surface area (Å²) in [6.07, 6.45) is 4.13. The first-order valence-corrected chi connectivity index (χ1v) is 6.37. The molecule has 0 N–H and O–H groups in total. The summed E-state index contributed by atoms with van der Waals surface area (Å²) in [5.74, 6) is 0. The topological polar surface area (TPSA) is 38.8 Å². The zero-order chi connectivity index (χ0) is 12.8. The highest BCUT2D eigenvalue weighted by molar-refractivity contribution is 6.22. The van der Waals surface area contributed by atoms with E-state index in [0.717, 1.165) is 6.42 Å². The fourth-order valence-electron chi connectivity index (χ4n) is 2.00. The number of halogens is 1. The van der Waals surface area contributed by atoms with Crippen LogP contribution in [0.1, 0.15) is 20.3 Å². The van der Waals surface area contributed by atoms with Crippen LogP contribution >= 0.6 is 11.6 Å². The number of carbonyl (C=O) groups excluding carboxylic acids is 1. The van der Waals surface area contributed by atoms with Gasteiger partial charge in [-0.3, -0.25) is 0 Å². The molecule has 17 heavy (non-hydrogen) atoms. The van der Waals surface area contributed by atoms with Gasteiger partial charge in [0.25, 0.3) is 0 Å². The van der Waals surface area contributed by atoms with Gasteiger partial charge in [0.05, 0.1) is 24.1 Å². The lowest BCUT2D eigenvalue weighted by atomic mass is 10.1. The fraction of sp³-hybridized carbons (Fsp3) is 0.750. The van der Waals surface area contributed by atoms with Gasteiger partial charge in [-0.25, -0.2) is 4.79 Å². The van der Waals surface area contributed by atoms with Crippen molar-refractivity contribution in [3.8, 4) is 0 Å². The quantitative estimate of drug-likeness (QED) is 0.564. The summed E-state index contributed by atoms with van der Waals surface area (Å²) in [5, 5.41) is -0.226. The molecule has 3 atom stereocenters. The van der Waals surface area contributed by atoms with Gasteiger partial charge in [0.1, 0.15) is 0 Å². The average Bonchev–Trinajstić information content (AvgIpc) is 2.67. The van der Waals surface area contributed by atoms with E-state index in [0.29, 0.717) is 13.2 Å². The Morgan fingerprint density at radius 3 is 2.65 bits per heavy atom. The van der Waals surface area contributed by atoms with Crippen molar-refractivity contribution in [3.63, 3.8) is 0 Å². The minimum Gasteiger partial charge on any atom is -0.450 e. The molecule has 0 radical (unpaired) electrons. The second kappa shape index (κ2) is 6.87. The number of methoxy groups -OCH3 is 1. The zero-order valence-electron chi connectivity index (χ0n) is 10.6. The Morgan fingerprint density at radius 2 is 2.12 bits per heavy atom. The molecule has 0 spiro atoms. The van der Waals surface area contributed by atoms with Crippen LogP contribution in [0.25, 0.3) is 0 Å². The third-order valence-electron chi connectivity index (χ3n) is 2.75. The lowest BCUT2D eigenvalue weighted by Crippen LogP contribution is -2.49. The van der Waals surface area contributed by atoms with Crippen LogP contribution in [0, 0.1) is 0 Å². The third kappa shape index (κ3) is 3.36. The maximum atomic E-state index is 11.9. The SMILES string of the molecule is CCCN(C(=O)OCC)[C@@H]1[C@@H](Cl)C=C[C@H]1OC. The Bertz CT molecular complexity index is 283. The van der Waals surface area contributed by atoms with Gasteiger partial charge in [0.15, 0.2) is 0 Å². The summed E-state index contributed by atoms with van der Waals surface area (Å²) in [5.41, 5.74) is 0. The Hall–Kier alpha value is -0.740. The lowest BCUT2D eigenvalue weighted by molar-refractivity contribution is 0.0397. The first kappa shape index (κ1) is 14.3. The van der Waals surface area contributed by atoms with Gasteiger partial charge in [-0.2, -0.15) is 0 Å². The van der Waals surface area contributed by atoms with Crippen molar-refractivity contribution in [1.82, 2.24) is 4.90 Å². The van der Waals surface area contributed by atoms with Crippen LogP contribution in [0.15, 0.2) is 12.2 Å². The molecule has 0 bridgehead atoms. The predicted molar refractivity (Wildman–Crippen MR) is 67.4 cm³/mol. The van der Waals surface area contributed by atoms with Crippen LogP contribution in [0.2, 0.25) is 0 Å². The number of carbonyl (C=O) groups is 1. The number of alkyl halides is 1. The fourth-order valence-corrected chi connectivity index (χ4v) is 2.36. The molecule has 0 aromatic carbocycles. The number of ether oxygens (including phenoxy) is 2. The van der Waals surface area contributed by atoms with Crippen molar-refractivity contribution < 1.29 is 14.3 Å². The van der Waals surface area contributed by atoms with E-state index in [1.807, 2.05) is 19.1 Å². The summed E-state index contributed by atoms with van der Waals surface area (Å²) in [4.78, 5) is 13.6. The van der Waals surface area contributed by atoms with Crippen molar-refractivity contribution in [2.75, 3.05) is 20.3 Å². The zero-order valence-corrected chi connectivity index (χ0v) is 11.3. The molecule has 1 aliphatic carbocycles. The lowest BCUT2D eigenvalue weighted by Gasteiger charge is -2.33. The van der Waals surface area contributed by atoms with Crippen LogP contribution in [-0.4, -0.2) is 48.8 Å². The molecule has 98 valence electrons. The van der Waals surface area contributed by atoms with E-state index < -0.39 is 0 Å². The molecule has 0 aliphatic heterocycles. The molecule has 0 heterocycles. The van der Waals surface area contributed by atoms with E-state index in [-0.39, 0.29) is 23.6 Å². The molecule has 4 nitrogen and oxygen atoms in total. The molecule has 0 fully saturated rings. The molecule has 1 amide bonds. The highest BCUT2D eigenvalue weighted by Crippen LogP contribution is 2.25. The van der Waals surface area contributed by atoms with Gasteiger partial charge >= 0.3 is 6.09 Å². The maximum Gasteiger partial charge on any atom is 0.410 e. The van der Waals surface area contributed by atoms with Gasteiger partial charge < -0.3 is 14.4 Å². The normalized spacial score (nSPS) is 27.2. The second-order valence-corrected chi connectivity index (χ2v) is 4.42. The van der Waals surface area contributed by atoms with Crippen LogP contribution < -0.4 is 0 Å². The van der Waals surface area contributed by atoms with E-state index in [9.17, 15) is 4.79 Å². The van der Waals surface area contributed by atoms with Gasteiger partial charge in [0.2, 0.25) is 0 Å². The number of hydrogen-bond acceptors (Lipinski definition) is 3. The second-order valence-electron chi connectivity index (χ2n) is 3.91. The Kier molecular flexibility index (Phi) is 5.78. The van der Waals surface area contributed by atoms with Crippen molar-refractivity contribution in [3.05, 3.63) is 12.2 Å². The van der Waals surface area contributed by atoms with Gasteiger partial charge in [-0.05, 0) is 13.3 Å². The van der Waals surface area contributed by atoms with E-state index in [1.54, 1.807) is 18.9 Å². The highest BCUT2D eigenvalue weighted by Gasteiger charge is 2.38. The van der Waals surface area contributed by atoms with Gasteiger partial charge in [-0.15, -0.1) is 11.6 Å². The number of nitrogens with zero attached hydrogens (tertiary/aromatic N) is 1. The van der Waals surface area contributed by atoms with Crippen LogP contribution in [0.3, 0.4) is 0 Å². The first-order chi connectivity index (χ1) is 8.15. The summed E-state index contributed by atoms with van der Waals surface area (Å²) < 4.78 is 10.4. The number of hydrogen-bond donors (Lipinski definition) is 0. The first-order valence-electron chi connectivity index (χ1n) is 5.94.